The number of hydrogen-bond acceptors (Lipinski definition) is 3. The van der Waals surface area contributed by atoms with Crippen molar-refractivity contribution in [2.75, 3.05) is 13.7 Å². The van der Waals surface area contributed by atoms with Crippen LogP contribution in [0.1, 0.15) is 62.2 Å². The second-order valence-electron chi connectivity index (χ2n) is 5.94. The first kappa shape index (κ1) is 18.1. The number of halogens is 1. The minimum absolute atomic E-state index is 0.0439. The van der Waals surface area contributed by atoms with E-state index in [0.717, 1.165) is 17.3 Å². The Hall–Kier alpha value is -1.23. The molecule has 23 heavy (non-hydrogen) atoms. The average Bonchev–Trinajstić information content (AvgIpc) is 2.51. The Labute approximate surface area is 147 Å². The number of amides is 1. The number of methoxy groups -OCH3 is 1. The van der Waals surface area contributed by atoms with E-state index in [2.05, 4.69) is 21.2 Å². The number of benzene rings is 1. The van der Waals surface area contributed by atoms with Crippen molar-refractivity contribution in [3.8, 4) is 11.5 Å². The summed E-state index contributed by atoms with van der Waals surface area (Å²) in [5, 5.41) is 3.18. The van der Waals surface area contributed by atoms with Gasteiger partial charge >= 0.3 is 0 Å². The molecule has 0 bridgehead atoms. The van der Waals surface area contributed by atoms with Crippen LogP contribution in [0.4, 0.5) is 0 Å². The van der Waals surface area contributed by atoms with Gasteiger partial charge in [0.05, 0.1) is 18.2 Å². The molecule has 1 aromatic carbocycles. The zero-order valence-electron chi connectivity index (χ0n) is 14.0. The van der Waals surface area contributed by atoms with Gasteiger partial charge in [0.2, 0.25) is 0 Å². The fraction of sp³-hybridized carbons (Fsp3) is 0.611. The van der Waals surface area contributed by atoms with Crippen LogP contribution in [-0.2, 0) is 0 Å². The van der Waals surface area contributed by atoms with Crippen molar-refractivity contribution >= 4 is 21.8 Å². The SMILES string of the molecule is CCOc1c(Br)cc(C(=O)NC2CCCCCCC2)cc1OC. The molecule has 1 fully saturated rings. The highest BCUT2D eigenvalue weighted by Crippen LogP contribution is 2.36. The number of rotatable bonds is 5. The summed E-state index contributed by atoms with van der Waals surface area (Å²) in [5.41, 5.74) is 0.597. The van der Waals surface area contributed by atoms with Crippen LogP contribution in [0.2, 0.25) is 0 Å². The van der Waals surface area contributed by atoms with Crippen LogP contribution in [0.3, 0.4) is 0 Å². The van der Waals surface area contributed by atoms with Gasteiger partial charge < -0.3 is 14.8 Å². The van der Waals surface area contributed by atoms with Gasteiger partial charge in [-0.3, -0.25) is 4.79 Å². The number of hydrogen-bond donors (Lipinski definition) is 1. The molecule has 1 aliphatic carbocycles. The van der Waals surface area contributed by atoms with E-state index >= 15 is 0 Å². The zero-order chi connectivity index (χ0) is 16.7. The van der Waals surface area contributed by atoms with E-state index in [0.29, 0.717) is 23.7 Å². The molecule has 1 aliphatic rings. The highest BCUT2D eigenvalue weighted by Gasteiger charge is 2.18. The molecule has 0 aromatic heterocycles. The van der Waals surface area contributed by atoms with Crippen LogP contribution < -0.4 is 14.8 Å². The van der Waals surface area contributed by atoms with Crippen molar-refractivity contribution < 1.29 is 14.3 Å². The van der Waals surface area contributed by atoms with E-state index in [1.54, 1.807) is 19.2 Å². The molecule has 1 N–H and O–H groups in total. The Morgan fingerprint density at radius 3 is 2.48 bits per heavy atom. The molecule has 0 radical (unpaired) electrons. The molecule has 0 aliphatic heterocycles. The van der Waals surface area contributed by atoms with Crippen LogP contribution in [0.25, 0.3) is 0 Å². The fourth-order valence-electron chi connectivity index (χ4n) is 3.00. The maximum atomic E-state index is 12.6. The summed E-state index contributed by atoms with van der Waals surface area (Å²) in [6.45, 7) is 2.46. The van der Waals surface area contributed by atoms with Gasteiger partial charge in [-0.2, -0.15) is 0 Å². The van der Waals surface area contributed by atoms with Gasteiger partial charge in [-0.1, -0.05) is 32.1 Å². The lowest BCUT2D eigenvalue weighted by atomic mass is 9.96. The van der Waals surface area contributed by atoms with E-state index < -0.39 is 0 Å². The van der Waals surface area contributed by atoms with E-state index in [-0.39, 0.29) is 11.9 Å². The second kappa shape index (κ2) is 9.16. The molecule has 1 amide bonds. The number of carbonyl (C=O) groups excluding carboxylic acids is 1. The number of carbonyl (C=O) groups is 1. The van der Waals surface area contributed by atoms with Gasteiger partial charge in [0, 0.05) is 11.6 Å². The second-order valence-corrected chi connectivity index (χ2v) is 6.79. The molecule has 0 heterocycles. The molecule has 5 heteroatoms. The quantitative estimate of drug-likeness (QED) is 0.801. The van der Waals surface area contributed by atoms with Gasteiger partial charge in [0.25, 0.3) is 5.91 Å². The van der Waals surface area contributed by atoms with Crippen LogP contribution >= 0.6 is 15.9 Å². The number of nitrogens with one attached hydrogen (secondary N) is 1. The molecular formula is C18H26BrNO3. The van der Waals surface area contributed by atoms with Crippen molar-refractivity contribution in [1.29, 1.82) is 0 Å². The van der Waals surface area contributed by atoms with Gasteiger partial charge in [0.15, 0.2) is 11.5 Å². The van der Waals surface area contributed by atoms with Crippen molar-refractivity contribution in [3.63, 3.8) is 0 Å². The standard InChI is InChI=1S/C18H26BrNO3/c1-3-23-17-15(19)11-13(12-16(17)22-2)18(21)20-14-9-7-5-4-6-8-10-14/h11-12,14H,3-10H2,1-2H3,(H,20,21). The monoisotopic (exact) mass is 383 g/mol. The summed E-state index contributed by atoms with van der Waals surface area (Å²) in [5.74, 6) is 1.17. The topological polar surface area (TPSA) is 47.6 Å². The third-order valence-electron chi connectivity index (χ3n) is 4.22. The van der Waals surface area contributed by atoms with Crippen LogP contribution in [0, 0.1) is 0 Å². The third-order valence-corrected chi connectivity index (χ3v) is 4.81. The largest absolute Gasteiger partial charge is 0.493 e. The Morgan fingerprint density at radius 1 is 1.22 bits per heavy atom. The summed E-state index contributed by atoms with van der Waals surface area (Å²) in [7, 11) is 1.58. The summed E-state index contributed by atoms with van der Waals surface area (Å²) >= 11 is 3.47. The van der Waals surface area contributed by atoms with Gasteiger partial charge in [-0.15, -0.1) is 0 Å². The van der Waals surface area contributed by atoms with Crippen LogP contribution in [0.15, 0.2) is 16.6 Å². The molecule has 0 unspecified atom stereocenters. The van der Waals surface area contributed by atoms with Crippen molar-refractivity contribution in [1.82, 2.24) is 5.32 Å². The first-order valence-electron chi connectivity index (χ1n) is 8.47. The van der Waals surface area contributed by atoms with E-state index in [1.807, 2.05) is 6.92 Å². The van der Waals surface area contributed by atoms with Crippen molar-refractivity contribution in [2.45, 2.75) is 57.9 Å². The molecule has 1 saturated carbocycles. The maximum Gasteiger partial charge on any atom is 0.251 e. The molecule has 0 saturated heterocycles. The fourth-order valence-corrected chi connectivity index (χ4v) is 3.56. The molecular weight excluding hydrogens is 358 g/mol. The summed E-state index contributed by atoms with van der Waals surface area (Å²) in [6, 6.07) is 3.82. The zero-order valence-corrected chi connectivity index (χ0v) is 15.6. The van der Waals surface area contributed by atoms with Crippen LogP contribution in [-0.4, -0.2) is 25.7 Å². The smallest absolute Gasteiger partial charge is 0.251 e. The van der Waals surface area contributed by atoms with Crippen LogP contribution in [0.5, 0.6) is 11.5 Å². The average molecular weight is 384 g/mol. The predicted octanol–water partition coefficient (Wildman–Crippen LogP) is 4.70. The Bertz CT molecular complexity index is 525. The lowest BCUT2D eigenvalue weighted by Crippen LogP contribution is -2.35. The van der Waals surface area contributed by atoms with Crippen molar-refractivity contribution in [2.24, 2.45) is 0 Å². The Balaban J connectivity index is 2.10. The minimum atomic E-state index is -0.0439. The summed E-state index contributed by atoms with van der Waals surface area (Å²) in [4.78, 5) is 12.6. The normalized spacial score (nSPS) is 16.3. The van der Waals surface area contributed by atoms with Gasteiger partial charge in [-0.25, -0.2) is 0 Å². The molecule has 0 atom stereocenters. The first-order valence-corrected chi connectivity index (χ1v) is 9.26. The third kappa shape index (κ3) is 5.13. The Morgan fingerprint density at radius 2 is 1.87 bits per heavy atom. The van der Waals surface area contributed by atoms with E-state index in [4.69, 9.17) is 9.47 Å². The lowest BCUT2D eigenvalue weighted by molar-refractivity contribution is 0.0930. The molecule has 0 spiro atoms. The lowest BCUT2D eigenvalue weighted by Gasteiger charge is -2.21. The molecule has 2 rings (SSSR count). The Kier molecular flexibility index (Phi) is 7.21. The van der Waals surface area contributed by atoms with Gasteiger partial charge in [-0.05, 0) is 47.8 Å². The molecule has 128 valence electrons. The predicted molar refractivity (Wildman–Crippen MR) is 95.4 cm³/mol. The molecule has 4 nitrogen and oxygen atoms in total. The maximum absolute atomic E-state index is 12.6. The summed E-state index contributed by atoms with van der Waals surface area (Å²) in [6.07, 6.45) is 8.40. The van der Waals surface area contributed by atoms with E-state index in [9.17, 15) is 4.79 Å². The first-order chi connectivity index (χ1) is 11.2. The minimum Gasteiger partial charge on any atom is -0.493 e. The highest BCUT2D eigenvalue weighted by molar-refractivity contribution is 9.10. The van der Waals surface area contributed by atoms with Crippen molar-refractivity contribution in [3.05, 3.63) is 22.2 Å². The van der Waals surface area contributed by atoms with Gasteiger partial charge in [0.1, 0.15) is 0 Å². The molecule has 1 aromatic rings. The summed E-state index contributed by atoms with van der Waals surface area (Å²) < 4.78 is 11.7. The van der Waals surface area contributed by atoms with E-state index in [1.165, 1.54) is 32.1 Å². The number of ether oxygens (including phenoxy) is 2. The highest BCUT2D eigenvalue weighted by atomic mass is 79.9.